The topological polar surface area (TPSA) is 94.5 Å². The van der Waals surface area contributed by atoms with E-state index in [9.17, 15) is 9.59 Å². The van der Waals surface area contributed by atoms with Gasteiger partial charge in [-0.2, -0.15) is 0 Å². The van der Waals surface area contributed by atoms with Crippen molar-refractivity contribution in [2.75, 3.05) is 32.7 Å². The van der Waals surface area contributed by atoms with Crippen molar-refractivity contribution in [2.24, 2.45) is 5.73 Å². The second-order valence-corrected chi connectivity index (χ2v) is 7.87. The quantitative estimate of drug-likeness (QED) is 0.713. The number of nitrogens with one attached hydrogen (secondary N) is 2. The third-order valence-electron chi connectivity index (χ3n) is 6.14. The SMILES string of the molecule is NC(=O)C1CC(N2CCNCC2)CCN1C(=O)CCc1ccc2[nH]ccc2c1. The van der Waals surface area contributed by atoms with Gasteiger partial charge in [0.05, 0.1) is 0 Å². The van der Waals surface area contributed by atoms with Crippen LogP contribution in [-0.2, 0) is 16.0 Å². The molecular formula is C21H29N5O2. The zero-order valence-corrected chi connectivity index (χ0v) is 16.2. The molecule has 7 heteroatoms. The molecule has 1 aromatic carbocycles. The maximum Gasteiger partial charge on any atom is 0.240 e. The van der Waals surface area contributed by atoms with E-state index in [1.807, 2.05) is 24.4 Å². The lowest BCUT2D eigenvalue weighted by molar-refractivity contribution is -0.142. The summed E-state index contributed by atoms with van der Waals surface area (Å²) in [5, 5.41) is 4.51. The molecular weight excluding hydrogens is 354 g/mol. The number of carbonyl (C=O) groups excluding carboxylic acids is 2. The molecule has 4 N–H and O–H groups in total. The van der Waals surface area contributed by atoms with Crippen LogP contribution in [0.1, 0.15) is 24.8 Å². The lowest BCUT2D eigenvalue weighted by atomic mass is 9.94. The van der Waals surface area contributed by atoms with Crippen LogP contribution in [-0.4, -0.2) is 71.4 Å². The van der Waals surface area contributed by atoms with Crippen LogP contribution >= 0.6 is 0 Å². The van der Waals surface area contributed by atoms with E-state index < -0.39 is 6.04 Å². The van der Waals surface area contributed by atoms with Crippen molar-refractivity contribution in [3.05, 3.63) is 36.0 Å². The average molecular weight is 383 g/mol. The van der Waals surface area contributed by atoms with Crippen molar-refractivity contribution in [3.63, 3.8) is 0 Å². The molecule has 2 aliphatic rings. The van der Waals surface area contributed by atoms with Gasteiger partial charge in [-0.05, 0) is 48.4 Å². The van der Waals surface area contributed by atoms with Crippen molar-refractivity contribution in [1.82, 2.24) is 20.1 Å². The summed E-state index contributed by atoms with van der Waals surface area (Å²) in [5.74, 6) is -0.362. The number of aryl methyl sites for hydroxylation is 1. The fraction of sp³-hybridized carbons (Fsp3) is 0.524. The highest BCUT2D eigenvalue weighted by molar-refractivity contribution is 5.87. The minimum absolute atomic E-state index is 0.0247. The molecule has 28 heavy (non-hydrogen) atoms. The smallest absolute Gasteiger partial charge is 0.240 e. The Morgan fingerprint density at radius 3 is 2.75 bits per heavy atom. The molecule has 4 rings (SSSR count). The lowest BCUT2D eigenvalue weighted by Gasteiger charge is -2.43. The maximum absolute atomic E-state index is 12.9. The number of rotatable bonds is 5. The molecule has 2 saturated heterocycles. The number of aromatic amines is 1. The molecule has 0 aliphatic carbocycles. The Morgan fingerprint density at radius 1 is 1.14 bits per heavy atom. The summed E-state index contributed by atoms with van der Waals surface area (Å²) >= 11 is 0. The number of fused-ring (bicyclic) bond motifs is 1. The van der Waals surface area contributed by atoms with Gasteiger partial charge in [0.25, 0.3) is 0 Å². The Bertz CT molecular complexity index is 842. The van der Waals surface area contributed by atoms with Crippen molar-refractivity contribution in [3.8, 4) is 0 Å². The largest absolute Gasteiger partial charge is 0.368 e. The number of likely N-dealkylation sites (tertiary alicyclic amines) is 1. The molecule has 0 spiro atoms. The first-order valence-electron chi connectivity index (χ1n) is 10.2. The van der Waals surface area contributed by atoms with Crippen LogP contribution in [0.25, 0.3) is 10.9 Å². The number of hydrogen-bond acceptors (Lipinski definition) is 4. The van der Waals surface area contributed by atoms with E-state index in [1.165, 1.54) is 0 Å². The monoisotopic (exact) mass is 383 g/mol. The Labute approximate surface area is 165 Å². The number of H-pyrrole nitrogens is 1. The first-order chi connectivity index (χ1) is 13.6. The van der Waals surface area contributed by atoms with Crippen LogP contribution in [0.15, 0.2) is 30.5 Å². The number of piperidine rings is 1. The average Bonchev–Trinajstić information content (AvgIpc) is 3.20. The summed E-state index contributed by atoms with van der Waals surface area (Å²) in [7, 11) is 0. The van der Waals surface area contributed by atoms with Gasteiger partial charge in [0, 0.05) is 56.9 Å². The first-order valence-corrected chi connectivity index (χ1v) is 10.2. The van der Waals surface area contributed by atoms with Gasteiger partial charge in [0.1, 0.15) is 6.04 Å². The van der Waals surface area contributed by atoms with Gasteiger partial charge in [0.2, 0.25) is 11.8 Å². The van der Waals surface area contributed by atoms with E-state index in [0.717, 1.165) is 49.1 Å². The molecule has 2 fully saturated rings. The molecule has 2 aromatic rings. The molecule has 3 heterocycles. The van der Waals surface area contributed by atoms with Crippen molar-refractivity contribution in [2.45, 2.75) is 37.8 Å². The number of aromatic nitrogens is 1. The predicted octanol–water partition coefficient (Wildman–Crippen LogP) is 0.851. The summed E-state index contributed by atoms with van der Waals surface area (Å²) in [6, 6.07) is 8.08. The second-order valence-electron chi connectivity index (χ2n) is 7.87. The highest BCUT2D eigenvalue weighted by Gasteiger charge is 2.37. The number of benzene rings is 1. The zero-order valence-electron chi connectivity index (χ0n) is 16.2. The summed E-state index contributed by atoms with van der Waals surface area (Å²) in [6.07, 6.45) is 4.54. The molecule has 2 atom stereocenters. The normalized spacial score (nSPS) is 23.8. The van der Waals surface area contributed by atoms with Crippen molar-refractivity contribution < 1.29 is 9.59 Å². The van der Waals surface area contributed by atoms with Crippen LogP contribution in [0.5, 0.6) is 0 Å². The minimum Gasteiger partial charge on any atom is -0.368 e. The highest BCUT2D eigenvalue weighted by Crippen LogP contribution is 2.24. The van der Waals surface area contributed by atoms with E-state index in [1.54, 1.807) is 4.90 Å². The van der Waals surface area contributed by atoms with Crippen molar-refractivity contribution >= 4 is 22.7 Å². The van der Waals surface area contributed by atoms with Gasteiger partial charge in [0.15, 0.2) is 0 Å². The van der Waals surface area contributed by atoms with E-state index >= 15 is 0 Å². The summed E-state index contributed by atoms with van der Waals surface area (Å²) in [5.41, 5.74) is 7.91. The standard InChI is InChI=1S/C21H29N5O2/c22-21(28)19-14-17(25-11-8-23-9-12-25)6-10-26(19)20(27)4-2-15-1-3-18-16(13-15)5-7-24-18/h1,3,5,7,13,17,19,23-24H,2,4,6,8-12,14H2,(H2,22,28). The lowest BCUT2D eigenvalue weighted by Crippen LogP contribution is -2.58. The molecule has 2 unspecified atom stereocenters. The molecule has 0 bridgehead atoms. The van der Waals surface area contributed by atoms with Crippen LogP contribution in [0.2, 0.25) is 0 Å². The summed E-state index contributed by atoms with van der Waals surface area (Å²) < 4.78 is 0. The molecule has 150 valence electrons. The van der Waals surface area contributed by atoms with Crippen LogP contribution in [0.3, 0.4) is 0 Å². The van der Waals surface area contributed by atoms with E-state index in [4.69, 9.17) is 5.73 Å². The van der Waals surface area contributed by atoms with Gasteiger partial charge in [-0.3, -0.25) is 14.5 Å². The van der Waals surface area contributed by atoms with Crippen molar-refractivity contribution in [1.29, 1.82) is 0 Å². The molecule has 2 aliphatic heterocycles. The number of piperazine rings is 1. The van der Waals surface area contributed by atoms with E-state index in [-0.39, 0.29) is 11.8 Å². The summed E-state index contributed by atoms with van der Waals surface area (Å²) in [6.45, 7) is 4.55. The van der Waals surface area contributed by atoms with E-state index in [2.05, 4.69) is 21.3 Å². The maximum atomic E-state index is 12.9. The predicted molar refractivity (Wildman–Crippen MR) is 109 cm³/mol. The van der Waals surface area contributed by atoms with Crippen LogP contribution in [0.4, 0.5) is 0 Å². The number of nitrogens with zero attached hydrogens (tertiary/aromatic N) is 2. The van der Waals surface area contributed by atoms with Gasteiger partial charge in [-0.1, -0.05) is 6.07 Å². The molecule has 0 saturated carbocycles. The zero-order chi connectivity index (χ0) is 19.5. The Balaban J connectivity index is 1.37. The fourth-order valence-electron chi connectivity index (χ4n) is 4.55. The third kappa shape index (κ3) is 4.05. The summed E-state index contributed by atoms with van der Waals surface area (Å²) in [4.78, 5) is 32.3. The minimum atomic E-state index is -0.492. The van der Waals surface area contributed by atoms with E-state index in [0.29, 0.717) is 31.8 Å². The van der Waals surface area contributed by atoms with Gasteiger partial charge >= 0.3 is 0 Å². The highest BCUT2D eigenvalue weighted by atomic mass is 16.2. The number of primary amides is 1. The number of nitrogens with two attached hydrogens (primary N) is 1. The Kier molecular flexibility index (Phi) is 5.64. The molecule has 1 aromatic heterocycles. The van der Waals surface area contributed by atoms with Gasteiger partial charge < -0.3 is 20.9 Å². The third-order valence-corrected chi connectivity index (χ3v) is 6.14. The number of carbonyl (C=O) groups is 2. The molecule has 2 amide bonds. The van der Waals surface area contributed by atoms with Crippen LogP contribution < -0.4 is 11.1 Å². The Hall–Kier alpha value is -2.38. The fourth-order valence-corrected chi connectivity index (χ4v) is 4.55. The number of amides is 2. The van der Waals surface area contributed by atoms with Crippen LogP contribution in [0, 0.1) is 0 Å². The van der Waals surface area contributed by atoms with Gasteiger partial charge in [-0.25, -0.2) is 0 Å². The second kappa shape index (κ2) is 8.32. The molecule has 0 radical (unpaired) electrons. The molecule has 7 nitrogen and oxygen atoms in total. The number of hydrogen-bond donors (Lipinski definition) is 3. The first kappa shape index (κ1) is 19.0. The van der Waals surface area contributed by atoms with Gasteiger partial charge in [-0.15, -0.1) is 0 Å². The Morgan fingerprint density at radius 2 is 1.96 bits per heavy atom.